The average Bonchev–Trinajstić information content (AvgIpc) is 2.56. The van der Waals surface area contributed by atoms with Gasteiger partial charge in [-0.3, -0.25) is 0 Å². The Bertz CT molecular complexity index is 378. The number of hydrogen-bond donors (Lipinski definition) is 1. The van der Waals surface area contributed by atoms with E-state index in [9.17, 15) is 4.79 Å². The number of benzene rings is 1. The van der Waals surface area contributed by atoms with Crippen LogP contribution in [-0.4, -0.2) is 12.7 Å². The second kappa shape index (κ2) is 3.61. The van der Waals surface area contributed by atoms with Gasteiger partial charge in [-0.05, 0) is 30.2 Å². The van der Waals surface area contributed by atoms with Gasteiger partial charge in [-0.1, -0.05) is 22.0 Å². The van der Waals surface area contributed by atoms with Crippen LogP contribution in [0.3, 0.4) is 0 Å². The van der Waals surface area contributed by atoms with Gasteiger partial charge in [0.25, 0.3) is 0 Å². The fourth-order valence-electron chi connectivity index (χ4n) is 1.54. The lowest BCUT2D eigenvalue weighted by Crippen LogP contribution is -2.19. The molecule has 1 fully saturated rings. The van der Waals surface area contributed by atoms with Crippen molar-refractivity contribution in [3.8, 4) is 0 Å². The van der Waals surface area contributed by atoms with Crippen LogP contribution in [0.1, 0.15) is 17.2 Å². The lowest BCUT2D eigenvalue weighted by atomic mass is 10.0. The molecule has 0 aromatic heterocycles. The van der Waals surface area contributed by atoms with Crippen LogP contribution in [0.4, 0.5) is 4.79 Å². The molecule has 1 heterocycles. The molecule has 1 aromatic rings. The second-order valence-electron chi connectivity index (χ2n) is 3.30. The van der Waals surface area contributed by atoms with Gasteiger partial charge in [0.05, 0.1) is 6.04 Å². The first-order chi connectivity index (χ1) is 6.66. The van der Waals surface area contributed by atoms with E-state index in [4.69, 9.17) is 4.74 Å². The van der Waals surface area contributed by atoms with Crippen molar-refractivity contribution in [3.05, 3.63) is 33.8 Å². The number of aryl methyl sites for hydroxylation is 1. The summed E-state index contributed by atoms with van der Waals surface area (Å²) in [4.78, 5) is 10.9. The van der Waals surface area contributed by atoms with Crippen molar-refractivity contribution in [1.82, 2.24) is 5.32 Å². The van der Waals surface area contributed by atoms with Gasteiger partial charge in [0.2, 0.25) is 0 Å². The van der Waals surface area contributed by atoms with Crippen LogP contribution in [0.15, 0.2) is 22.7 Å². The number of cyclic esters (lactones) is 1. The molecule has 1 N–H and O–H groups in total. The van der Waals surface area contributed by atoms with E-state index in [1.165, 1.54) is 0 Å². The Morgan fingerprint density at radius 1 is 1.57 bits per heavy atom. The molecule has 0 bridgehead atoms. The lowest BCUT2D eigenvalue weighted by molar-refractivity contribution is 0.177. The molecular weight excluding hydrogens is 246 g/mol. The number of ether oxygens (including phenoxy) is 1. The zero-order valence-corrected chi connectivity index (χ0v) is 9.30. The third-order valence-corrected chi connectivity index (χ3v) is 2.78. The summed E-state index contributed by atoms with van der Waals surface area (Å²) in [7, 11) is 0. The third kappa shape index (κ3) is 1.75. The van der Waals surface area contributed by atoms with E-state index in [0.29, 0.717) is 6.61 Å². The molecule has 0 saturated carbocycles. The number of hydrogen-bond acceptors (Lipinski definition) is 2. The fraction of sp³-hybridized carbons (Fsp3) is 0.300. The van der Waals surface area contributed by atoms with Gasteiger partial charge in [-0.15, -0.1) is 0 Å². The second-order valence-corrected chi connectivity index (χ2v) is 4.21. The summed E-state index contributed by atoms with van der Waals surface area (Å²) in [5.41, 5.74) is 2.26. The van der Waals surface area contributed by atoms with Gasteiger partial charge in [0.15, 0.2) is 0 Å². The Balaban J connectivity index is 2.31. The Morgan fingerprint density at radius 2 is 2.36 bits per heavy atom. The first kappa shape index (κ1) is 9.52. The van der Waals surface area contributed by atoms with Gasteiger partial charge >= 0.3 is 6.09 Å². The topological polar surface area (TPSA) is 38.3 Å². The highest BCUT2D eigenvalue weighted by atomic mass is 79.9. The fourth-order valence-corrected chi connectivity index (χ4v) is 1.92. The van der Waals surface area contributed by atoms with Crippen LogP contribution >= 0.6 is 15.9 Å². The summed E-state index contributed by atoms with van der Waals surface area (Å²) in [6.07, 6.45) is -0.339. The van der Waals surface area contributed by atoms with Crippen molar-refractivity contribution in [2.24, 2.45) is 0 Å². The Kier molecular flexibility index (Phi) is 2.46. The molecule has 1 aliphatic rings. The maximum atomic E-state index is 10.9. The van der Waals surface area contributed by atoms with E-state index in [1.807, 2.05) is 25.1 Å². The lowest BCUT2D eigenvalue weighted by Gasteiger charge is -2.11. The molecule has 1 saturated heterocycles. The van der Waals surface area contributed by atoms with Crippen LogP contribution < -0.4 is 5.32 Å². The summed E-state index contributed by atoms with van der Waals surface area (Å²) in [6, 6.07) is 6.00. The molecule has 0 radical (unpaired) electrons. The minimum atomic E-state index is -0.339. The van der Waals surface area contributed by atoms with Crippen LogP contribution in [0.5, 0.6) is 0 Å². The van der Waals surface area contributed by atoms with Crippen molar-refractivity contribution in [3.63, 3.8) is 0 Å². The highest BCUT2D eigenvalue weighted by molar-refractivity contribution is 9.10. The number of carbonyl (C=O) groups is 1. The normalized spacial score (nSPS) is 20.4. The largest absolute Gasteiger partial charge is 0.447 e. The maximum absolute atomic E-state index is 10.9. The summed E-state index contributed by atoms with van der Waals surface area (Å²) in [5.74, 6) is 0. The summed E-state index contributed by atoms with van der Waals surface area (Å²) < 4.78 is 5.86. The van der Waals surface area contributed by atoms with Crippen molar-refractivity contribution in [2.75, 3.05) is 6.61 Å². The number of nitrogens with one attached hydrogen (secondary N) is 1. The smallest absolute Gasteiger partial charge is 0.407 e. The van der Waals surface area contributed by atoms with Crippen molar-refractivity contribution in [2.45, 2.75) is 13.0 Å². The highest BCUT2D eigenvalue weighted by Crippen LogP contribution is 2.24. The van der Waals surface area contributed by atoms with E-state index in [1.54, 1.807) is 0 Å². The highest BCUT2D eigenvalue weighted by Gasteiger charge is 2.24. The van der Waals surface area contributed by atoms with Gasteiger partial charge < -0.3 is 10.1 Å². The zero-order chi connectivity index (χ0) is 10.1. The molecule has 2 rings (SSSR count). The molecule has 1 atom stereocenters. The SMILES string of the molecule is Cc1ccc(Br)cc1C1COC(=O)N1. The van der Waals surface area contributed by atoms with E-state index in [0.717, 1.165) is 15.6 Å². The monoisotopic (exact) mass is 255 g/mol. The van der Waals surface area contributed by atoms with Crippen molar-refractivity contribution >= 4 is 22.0 Å². The Hall–Kier alpha value is -1.03. The molecule has 74 valence electrons. The molecule has 1 amide bonds. The van der Waals surface area contributed by atoms with Gasteiger partial charge in [0.1, 0.15) is 6.61 Å². The minimum absolute atomic E-state index is 0.0139. The zero-order valence-electron chi connectivity index (χ0n) is 7.71. The van der Waals surface area contributed by atoms with Gasteiger partial charge in [-0.2, -0.15) is 0 Å². The molecule has 1 unspecified atom stereocenters. The molecule has 3 nitrogen and oxygen atoms in total. The first-order valence-electron chi connectivity index (χ1n) is 4.36. The number of carbonyl (C=O) groups excluding carboxylic acids is 1. The first-order valence-corrected chi connectivity index (χ1v) is 5.15. The van der Waals surface area contributed by atoms with E-state index in [-0.39, 0.29) is 12.1 Å². The minimum Gasteiger partial charge on any atom is -0.447 e. The number of rotatable bonds is 1. The van der Waals surface area contributed by atoms with E-state index >= 15 is 0 Å². The standard InChI is InChI=1S/C10H10BrNO2/c1-6-2-3-7(11)4-8(6)9-5-14-10(13)12-9/h2-4,9H,5H2,1H3,(H,12,13). The van der Waals surface area contributed by atoms with Crippen molar-refractivity contribution in [1.29, 1.82) is 0 Å². The summed E-state index contributed by atoms with van der Waals surface area (Å²) in [5, 5.41) is 2.76. The number of alkyl carbamates (subject to hydrolysis) is 1. The van der Waals surface area contributed by atoms with Gasteiger partial charge in [0, 0.05) is 4.47 Å². The molecule has 1 aromatic carbocycles. The molecular formula is C10H10BrNO2. The predicted octanol–water partition coefficient (Wildman–Crippen LogP) is 2.54. The molecule has 1 aliphatic heterocycles. The van der Waals surface area contributed by atoms with E-state index < -0.39 is 0 Å². The third-order valence-electron chi connectivity index (χ3n) is 2.29. The summed E-state index contributed by atoms with van der Waals surface area (Å²) >= 11 is 3.40. The molecule has 0 aliphatic carbocycles. The number of halogens is 1. The maximum Gasteiger partial charge on any atom is 0.407 e. The van der Waals surface area contributed by atoms with Crippen LogP contribution in [0.25, 0.3) is 0 Å². The molecule has 4 heteroatoms. The Labute approximate surface area is 90.6 Å². The molecule has 14 heavy (non-hydrogen) atoms. The van der Waals surface area contributed by atoms with Crippen LogP contribution in [0, 0.1) is 6.92 Å². The predicted molar refractivity (Wildman–Crippen MR) is 56.1 cm³/mol. The average molecular weight is 256 g/mol. The summed E-state index contributed by atoms with van der Waals surface area (Å²) in [6.45, 7) is 2.43. The van der Waals surface area contributed by atoms with Crippen LogP contribution in [0.2, 0.25) is 0 Å². The van der Waals surface area contributed by atoms with Gasteiger partial charge in [-0.25, -0.2) is 4.79 Å². The van der Waals surface area contributed by atoms with E-state index in [2.05, 4.69) is 21.2 Å². The van der Waals surface area contributed by atoms with Crippen molar-refractivity contribution < 1.29 is 9.53 Å². The quantitative estimate of drug-likeness (QED) is 0.838. The Morgan fingerprint density at radius 3 is 3.00 bits per heavy atom. The number of amides is 1. The molecule has 0 spiro atoms. The van der Waals surface area contributed by atoms with Crippen LogP contribution in [-0.2, 0) is 4.74 Å².